The highest BCUT2D eigenvalue weighted by Gasteiger charge is 2.19. The third kappa shape index (κ3) is 3.85. The van der Waals surface area contributed by atoms with E-state index in [1.54, 1.807) is 30.5 Å². The number of benzene rings is 3. The van der Waals surface area contributed by atoms with E-state index in [1.165, 1.54) is 11.3 Å². The zero-order valence-electron chi connectivity index (χ0n) is 15.7. The van der Waals surface area contributed by atoms with Gasteiger partial charge in [0.05, 0.1) is 0 Å². The number of carbonyl (C=O) groups is 1. The molecule has 1 aliphatic heterocycles. The van der Waals surface area contributed by atoms with Gasteiger partial charge in [-0.25, -0.2) is 0 Å². The van der Waals surface area contributed by atoms with Crippen LogP contribution in [0, 0.1) is 0 Å². The third-order valence-electron chi connectivity index (χ3n) is 5.06. The van der Waals surface area contributed by atoms with Crippen LogP contribution in [-0.2, 0) is 23.8 Å². The molecular formula is C23H22N2O2S. The molecule has 0 unspecified atom stereocenters. The number of rotatable bonds is 5. The molecule has 3 aromatic carbocycles. The van der Waals surface area contributed by atoms with Crippen molar-refractivity contribution < 1.29 is 9.00 Å². The number of hydrogen-bond donors (Lipinski definition) is 1. The molecular weight excluding hydrogens is 368 g/mol. The number of anilines is 2. The van der Waals surface area contributed by atoms with Crippen molar-refractivity contribution in [1.82, 2.24) is 0 Å². The number of carbonyl (C=O) groups excluding carboxylic acids is 1. The maximum absolute atomic E-state index is 12.7. The first-order valence-corrected chi connectivity index (χ1v) is 10.8. The van der Waals surface area contributed by atoms with Crippen LogP contribution in [0.4, 0.5) is 11.4 Å². The second kappa shape index (κ2) is 7.98. The molecule has 0 fully saturated rings. The average Bonchev–Trinajstić information content (AvgIpc) is 3.12. The summed E-state index contributed by atoms with van der Waals surface area (Å²) >= 11 is 0. The first-order chi connectivity index (χ1) is 13.6. The predicted molar refractivity (Wildman–Crippen MR) is 114 cm³/mol. The second-order valence-electron chi connectivity index (χ2n) is 6.89. The van der Waals surface area contributed by atoms with Gasteiger partial charge < -0.3 is 10.2 Å². The third-order valence-corrected chi connectivity index (χ3v) is 5.99. The normalized spacial score (nSPS) is 13.8. The highest BCUT2D eigenvalue weighted by molar-refractivity contribution is 7.84. The minimum Gasteiger partial charge on any atom is -0.367 e. The maximum Gasteiger partial charge on any atom is 0.255 e. The van der Waals surface area contributed by atoms with Crippen LogP contribution in [0.25, 0.3) is 0 Å². The summed E-state index contributed by atoms with van der Waals surface area (Å²) in [6.07, 6.45) is 2.68. The Hall–Kier alpha value is -2.92. The van der Waals surface area contributed by atoms with Crippen molar-refractivity contribution in [2.45, 2.75) is 17.9 Å². The molecule has 4 rings (SSSR count). The van der Waals surface area contributed by atoms with E-state index in [4.69, 9.17) is 0 Å². The van der Waals surface area contributed by atoms with Gasteiger partial charge in [0.25, 0.3) is 5.91 Å². The minimum absolute atomic E-state index is 0.164. The first-order valence-electron chi connectivity index (χ1n) is 9.27. The van der Waals surface area contributed by atoms with Crippen molar-refractivity contribution in [1.29, 1.82) is 0 Å². The van der Waals surface area contributed by atoms with Gasteiger partial charge in [-0.05, 0) is 53.9 Å². The SMILES string of the molecule is C[S@](=O)c1ccc(C(=O)Nc2ccccc2CN2CCc3ccccc32)cc1. The fraction of sp³-hybridized carbons (Fsp3) is 0.174. The van der Waals surface area contributed by atoms with Gasteiger partial charge in [0, 0.05) is 52.0 Å². The van der Waals surface area contributed by atoms with Gasteiger partial charge in [-0.1, -0.05) is 36.4 Å². The lowest BCUT2D eigenvalue weighted by atomic mass is 10.1. The predicted octanol–water partition coefficient (Wildman–Crippen LogP) is 4.24. The van der Waals surface area contributed by atoms with Gasteiger partial charge in [0.1, 0.15) is 0 Å². The fourth-order valence-corrected chi connectivity index (χ4v) is 4.07. The van der Waals surface area contributed by atoms with Crippen LogP contribution in [0.3, 0.4) is 0 Å². The number of amides is 1. The summed E-state index contributed by atoms with van der Waals surface area (Å²) < 4.78 is 11.5. The number of para-hydroxylation sites is 2. The Morgan fingerprint density at radius 3 is 2.50 bits per heavy atom. The van der Waals surface area contributed by atoms with Crippen LogP contribution in [0.2, 0.25) is 0 Å². The Bertz CT molecular complexity index is 1030. The van der Waals surface area contributed by atoms with Crippen molar-refractivity contribution in [2.24, 2.45) is 0 Å². The van der Waals surface area contributed by atoms with Crippen molar-refractivity contribution in [2.75, 3.05) is 23.0 Å². The van der Waals surface area contributed by atoms with Crippen LogP contribution >= 0.6 is 0 Å². The molecule has 4 nitrogen and oxygen atoms in total. The Balaban J connectivity index is 1.52. The molecule has 3 aromatic rings. The largest absolute Gasteiger partial charge is 0.367 e. The molecule has 1 atom stereocenters. The summed E-state index contributed by atoms with van der Waals surface area (Å²) in [5.74, 6) is -0.164. The monoisotopic (exact) mass is 390 g/mol. The Morgan fingerprint density at radius 1 is 1.00 bits per heavy atom. The first kappa shape index (κ1) is 18.4. The summed E-state index contributed by atoms with van der Waals surface area (Å²) in [5.41, 5.74) is 5.10. The van der Waals surface area contributed by atoms with Crippen molar-refractivity contribution in [3.8, 4) is 0 Å². The zero-order chi connectivity index (χ0) is 19.5. The van der Waals surface area contributed by atoms with E-state index >= 15 is 0 Å². The molecule has 1 N–H and O–H groups in total. The van der Waals surface area contributed by atoms with Gasteiger partial charge in [-0.2, -0.15) is 0 Å². The summed E-state index contributed by atoms with van der Waals surface area (Å²) in [5, 5.41) is 3.03. The van der Waals surface area contributed by atoms with E-state index in [-0.39, 0.29) is 5.91 Å². The standard InChI is InChI=1S/C23H22N2O2S/c1-28(27)20-12-10-18(11-13-20)23(26)24-21-8-4-2-7-19(21)16-25-15-14-17-6-3-5-9-22(17)25/h2-13H,14-16H2,1H3,(H,24,26)/t28-/m0/s1. The van der Waals surface area contributed by atoms with E-state index in [9.17, 15) is 9.00 Å². The van der Waals surface area contributed by atoms with Gasteiger partial charge in [0.2, 0.25) is 0 Å². The Labute approximate surface area is 167 Å². The Morgan fingerprint density at radius 2 is 1.71 bits per heavy atom. The van der Waals surface area contributed by atoms with E-state index in [0.29, 0.717) is 10.5 Å². The van der Waals surface area contributed by atoms with Crippen LogP contribution in [0.15, 0.2) is 77.7 Å². The number of fused-ring (bicyclic) bond motifs is 1. The lowest BCUT2D eigenvalue weighted by Crippen LogP contribution is -2.21. The molecule has 5 heteroatoms. The van der Waals surface area contributed by atoms with Crippen molar-refractivity contribution in [3.05, 3.63) is 89.5 Å². The minimum atomic E-state index is -1.05. The van der Waals surface area contributed by atoms with E-state index in [0.717, 1.165) is 30.8 Å². The second-order valence-corrected chi connectivity index (χ2v) is 8.27. The summed E-state index contributed by atoms with van der Waals surface area (Å²) in [7, 11) is -1.05. The van der Waals surface area contributed by atoms with Gasteiger partial charge in [0.15, 0.2) is 0 Å². The molecule has 1 aliphatic rings. The smallest absolute Gasteiger partial charge is 0.255 e. The lowest BCUT2D eigenvalue weighted by Gasteiger charge is -2.21. The molecule has 1 heterocycles. The number of nitrogens with zero attached hydrogens (tertiary/aromatic N) is 1. The van der Waals surface area contributed by atoms with E-state index in [1.807, 2.05) is 18.2 Å². The maximum atomic E-state index is 12.7. The molecule has 0 saturated carbocycles. The highest BCUT2D eigenvalue weighted by atomic mass is 32.2. The van der Waals surface area contributed by atoms with E-state index in [2.05, 4.69) is 40.5 Å². The summed E-state index contributed by atoms with van der Waals surface area (Å²) in [6, 6.07) is 23.3. The Kier molecular flexibility index (Phi) is 5.26. The van der Waals surface area contributed by atoms with Crippen molar-refractivity contribution >= 4 is 28.1 Å². The lowest BCUT2D eigenvalue weighted by molar-refractivity contribution is 0.102. The molecule has 0 aliphatic carbocycles. The molecule has 28 heavy (non-hydrogen) atoms. The van der Waals surface area contributed by atoms with Gasteiger partial charge >= 0.3 is 0 Å². The highest BCUT2D eigenvalue weighted by Crippen LogP contribution is 2.30. The molecule has 1 amide bonds. The van der Waals surface area contributed by atoms with Crippen LogP contribution in [0.5, 0.6) is 0 Å². The molecule has 0 saturated heterocycles. The molecule has 0 spiro atoms. The summed E-state index contributed by atoms with van der Waals surface area (Å²) in [4.78, 5) is 15.7. The van der Waals surface area contributed by atoms with Gasteiger partial charge in [-0.15, -0.1) is 0 Å². The summed E-state index contributed by atoms with van der Waals surface area (Å²) in [6.45, 7) is 1.73. The van der Waals surface area contributed by atoms with Crippen molar-refractivity contribution in [3.63, 3.8) is 0 Å². The quantitative estimate of drug-likeness (QED) is 0.709. The molecule has 0 aromatic heterocycles. The van der Waals surface area contributed by atoms with Gasteiger partial charge in [-0.3, -0.25) is 9.00 Å². The molecule has 0 radical (unpaired) electrons. The van der Waals surface area contributed by atoms with Crippen LogP contribution < -0.4 is 10.2 Å². The number of nitrogens with one attached hydrogen (secondary N) is 1. The average molecular weight is 391 g/mol. The topological polar surface area (TPSA) is 49.4 Å². The fourth-order valence-electron chi connectivity index (χ4n) is 3.55. The van der Waals surface area contributed by atoms with Crippen LogP contribution in [0.1, 0.15) is 21.5 Å². The molecule has 142 valence electrons. The number of hydrogen-bond acceptors (Lipinski definition) is 3. The van der Waals surface area contributed by atoms with Crippen LogP contribution in [-0.4, -0.2) is 22.9 Å². The van der Waals surface area contributed by atoms with E-state index < -0.39 is 10.8 Å². The molecule has 0 bridgehead atoms. The zero-order valence-corrected chi connectivity index (χ0v) is 16.5.